The summed E-state index contributed by atoms with van der Waals surface area (Å²) in [7, 11) is 1.27. The molecule has 1 N–H and O–H groups in total. The molecule has 0 aliphatic heterocycles. The first-order valence-corrected chi connectivity index (χ1v) is 8.10. The lowest BCUT2D eigenvalue weighted by Gasteiger charge is -2.12. The molecule has 0 aliphatic rings. The van der Waals surface area contributed by atoms with Crippen molar-refractivity contribution >= 4 is 28.9 Å². The number of aryl methyl sites for hydroxylation is 2. The van der Waals surface area contributed by atoms with Gasteiger partial charge in [-0.1, -0.05) is 0 Å². The van der Waals surface area contributed by atoms with Crippen LogP contribution in [0.4, 0.5) is 14.5 Å². The molecule has 0 aliphatic carbocycles. The van der Waals surface area contributed by atoms with Crippen LogP contribution < -0.4 is 10.1 Å². The Kier molecular flexibility index (Phi) is 5.73. The Morgan fingerprint density at radius 1 is 1.16 bits per heavy atom. The summed E-state index contributed by atoms with van der Waals surface area (Å²) in [5, 5.41) is 2.61. The third kappa shape index (κ3) is 4.33. The fraction of sp³-hybridized carbons (Fsp3) is 0.294. The number of nitrogens with one attached hydrogen (secondary N) is 1. The Morgan fingerprint density at radius 3 is 2.44 bits per heavy atom. The van der Waals surface area contributed by atoms with Crippen LogP contribution in [-0.4, -0.2) is 25.6 Å². The highest BCUT2D eigenvalue weighted by atomic mass is 32.1. The Labute approximate surface area is 147 Å². The summed E-state index contributed by atoms with van der Waals surface area (Å²) in [6, 6.07) is 4.56. The summed E-state index contributed by atoms with van der Waals surface area (Å²) in [5.41, 5.74) is 2.20. The SMILES string of the molecule is COC(=O)c1cc(NC(=O)c2sc(C)cc2OC(F)F)cc(C)c1C. The smallest absolute Gasteiger partial charge is 0.387 e. The number of anilines is 1. The number of thiophene rings is 1. The van der Waals surface area contributed by atoms with Crippen LogP contribution >= 0.6 is 11.3 Å². The zero-order valence-electron chi connectivity index (χ0n) is 14.1. The molecule has 2 aromatic rings. The van der Waals surface area contributed by atoms with Gasteiger partial charge in [-0.25, -0.2) is 4.79 Å². The van der Waals surface area contributed by atoms with Crippen LogP contribution in [0, 0.1) is 20.8 Å². The quantitative estimate of drug-likeness (QED) is 0.798. The number of esters is 1. The topological polar surface area (TPSA) is 64.6 Å². The van der Waals surface area contributed by atoms with Crippen molar-refractivity contribution in [2.75, 3.05) is 12.4 Å². The van der Waals surface area contributed by atoms with Crippen molar-refractivity contribution in [3.8, 4) is 5.75 Å². The van der Waals surface area contributed by atoms with Crippen LogP contribution in [0.3, 0.4) is 0 Å². The van der Waals surface area contributed by atoms with Crippen LogP contribution in [-0.2, 0) is 4.74 Å². The molecule has 0 unspecified atom stereocenters. The molecule has 0 bridgehead atoms. The molecular formula is C17H17F2NO4S. The second kappa shape index (κ2) is 7.60. The Hall–Kier alpha value is -2.48. The zero-order chi connectivity index (χ0) is 18.7. The first-order valence-electron chi connectivity index (χ1n) is 7.29. The third-order valence-corrected chi connectivity index (χ3v) is 4.60. The third-order valence-electron chi connectivity index (χ3n) is 3.57. The summed E-state index contributed by atoms with van der Waals surface area (Å²) < 4.78 is 34.1. The predicted molar refractivity (Wildman–Crippen MR) is 90.9 cm³/mol. The lowest BCUT2D eigenvalue weighted by atomic mass is 10.0. The molecule has 1 heterocycles. The van der Waals surface area contributed by atoms with E-state index in [1.54, 1.807) is 26.8 Å². The van der Waals surface area contributed by atoms with Gasteiger partial charge in [-0.05, 0) is 50.1 Å². The first kappa shape index (κ1) is 18.9. The van der Waals surface area contributed by atoms with Crippen molar-refractivity contribution in [1.29, 1.82) is 0 Å². The molecule has 0 saturated heterocycles. The van der Waals surface area contributed by atoms with Crippen molar-refractivity contribution in [2.24, 2.45) is 0 Å². The molecule has 1 aromatic heterocycles. The monoisotopic (exact) mass is 369 g/mol. The van der Waals surface area contributed by atoms with E-state index in [9.17, 15) is 18.4 Å². The van der Waals surface area contributed by atoms with Crippen molar-refractivity contribution in [2.45, 2.75) is 27.4 Å². The largest absolute Gasteiger partial charge is 0.465 e. The molecule has 25 heavy (non-hydrogen) atoms. The minimum absolute atomic E-state index is 0.0376. The van der Waals surface area contributed by atoms with Gasteiger partial charge in [0.05, 0.1) is 12.7 Å². The number of amides is 1. The molecule has 0 radical (unpaired) electrons. The molecule has 0 fully saturated rings. The number of benzene rings is 1. The van der Waals surface area contributed by atoms with Crippen LogP contribution in [0.2, 0.25) is 0 Å². The van der Waals surface area contributed by atoms with Crippen LogP contribution in [0.5, 0.6) is 5.75 Å². The minimum Gasteiger partial charge on any atom is -0.465 e. The van der Waals surface area contributed by atoms with Gasteiger partial charge in [0.15, 0.2) is 0 Å². The number of alkyl halides is 2. The van der Waals surface area contributed by atoms with E-state index in [-0.39, 0.29) is 10.6 Å². The van der Waals surface area contributed by atoms with Gasteiger partial charge < -0.3 is 14.8 Å². The van der Waals surface area contributed by atoms with Gasteiger partial charge in [-0.2, -0.15) is 8.78 Å². The first-order chi connectivity index (χ1) is 11.7. The van der Waals surface area contributed by atoms with E-state index in [1.807, 2.05) is 0 Å². The number of hydrogen-bond acceptors (Lipinski definition) is 5. The highest BCUT2D eigenvalue weighted by molar-refractivity contribution is 7.14. The number of ether oxygens (including phenoxy) is 2. The van der Waals surface area contributed by atoms with E-state index in [1.165, 1.54) is 19.2 Å². The van der Waals surface area contributed by atoms with E-state index in [4.69, 9.17) is 4.74 Å². The number of methoxy groups -OCH3 is 1. The van der Waals surface area contributed by atoms with Gasteiger partial charge in [-0.3, -0.25) is 4.79 Å². The number of carbonyl (C=O) groups is 2. The summed E-state index contributed by atoms with van der Waals surface area (Å²) in [6.45, 7) is 2.22. The van der Waals surface area contributed by atoms with Crippen molar-refractivity contribution in [1.82, 2.24) is 0 Å². The molecule has 0 saturated carbocycles. The van der Waals surface area contributed by atoms with E-state index < -0.39 is 18.5 Å². The van der Waals surface area contributed by atoms with E-state index in [2.05, 4.69) is 10.1 Å². The van der Waals surface area contributed by atoms with Crippen LogP contribution in [0.1, 0.15) is 36.0 Å². The fourth-order valence-corrected chi connectivity index (χ4v) is 3.11. The summed E-state index contributed by atoms with van der Waals surface area (Å²) in [5.74, 6) is -1.29. The molecule has 1 aromatic carbocycles. The molecule has 2 rings (SSSR count). The van der Waals surface area contributed by atoms with Gasteiger partial charge in [-0.15, -0.1) is 11.3 Å². The molecule has 5 nitrogen and oxygen atoms in total. The standard InChI is InChI=1S/C17H17F2NO4S/c1-8-5-11(7-12(10(8)3)16(22)23-4)20-15(21)14-13(24-17(18)19)6-9(2)25-14/h5-7,17H,1-4H3,(H,20,21). The lowest BCUT2D eigenvalue weighted by molar-refractivity contribution is -0.0498. The average Bonchev–Trinajstić information content (AvgIpc) is 2.89. The number of halogens is 2. The predicted octanol–water partition coefficient (Wildman–Crippen LogP) is 4.31. The average molecular weight is 369 g/mol. The normalized spacial score (nSPS) is 10.7. The Morgan fingerprint density at radius 2 is 1.84 bits per heavy atom. The number of hydrogen-bond donors (Lipinski definition) is 1. The lowest BCUT2D eigenvalue weighted by Crippen LogP contribution is -2.14. The number of carbonyl (C=O) groups excluding carboxylic acids is 2. The molecule has 0 spiro atoms. The highest BCUT2D eigenvalue weighted by Crippen LogP contribution is 2.31. The Balaban J connectivity index is 2.33. The van der Waals surface area contributed by atoms with Crippen LogP contribution in [0.25, 0.3) is 0 Å². The van der Waals surface area contributed by atoms with Gasteiger partial charge in [0.1, 0.15) is 10.6 Å². The Bertz CT molecular complexity index is 817. The zero-order valence-corrected chi connectivity index (χ0v) is 14.9. The maximum Gasteiger partial charge on any atom is 0.387 e. The van der Waals surface area contributed by atoms with E-state index >= 15 is 0 Å². The summed E-state index contributed by atoms with van der Waals surface area (Å²) in [4.78, 5) is 25.0. The van der Waals surface area contributed by atoms with Crippen molar-refractivity contribution in [3.05, 3.63) is 44.6 Å². The van der Waals surface area contributed by atoms with Gasteiger partial charge in [0, 0.05) is 10.6 Å². The van der Waals surface area contributed by atoms with Gasteiger partial charge in [0.25, 0.3) is 5.91 Å². The molecule has 0 atom stereocenters. The highest BCUT2D eigenvalue weighted by Gasteiger charge is 2.20. The maximum absolute atomic E-state index is 12.5. The van der Waals surface area contributed by atoms with E-state index in [0.29, 0.717) is 16.1 Å². The fourth-order valence-electron chi connectivity index (χ4n) is 2.27. The van der Waals surface area contributed by atoms with Crippen LogP contribution in [0.15, 0.2) is 18.2 Å². The second-order valence-corrected chi connectivity index (χ2v) is 6.60. The molecule has 134 valence electrons. The number of rotatable bonds is 5. The maximum atomic E-state index is 12.5. The van der Waals surface area contributed by atoms with Crippen molar-refractivity contribution in [3.63, 3.8) is 0 Å². The van der Waals surface area contributed by atoms with Gasteiger partial charge >= 0.3 is 12.6 Å². The minimum atomic E-state index is -3.02. The van der Waals surface area contributed by atoms with E-state index in [0.717, 1.165) is 22.5 Å². The van der Waals surface area contributed by atoms with Crippen molar-refractivity contribution < 1.29 is 27.8 Å². The second-order valence-electron chi connectivity index (χ2n) is 5.34. The molecule has 8 heteroatoms. The molecule has 1 amide bonds. The summed E-state index contributed by atoms with van der Waals surface area (Å²) >= 11 is 1.04. The molecular weight excluding hydrogens is 352 g/mol. The van der Waals surface area contributed by atoms with Gasteiger partial charge in [0.2, 0.25) is 0 Å². The summed E-state index contributed by atoms with van der Waals surface area (Å²) in [6.07, 6.45) is 0.